The largest absolute Gasteiger partial charge is 0.316 e. The van der Waals surface area contributed by atoms with Gasteiger partial charge < -0.3 is 5.32 Å². The van der Waals surface area contributed by atoms with E-state index in [1.54, 1.807) is 6.21 Å². The first-order chi connectivity index (χ1) is 16.2. The third-order valence-corrected chi connectivity index (χ3v) is 5.70. The van der Waals surface area contributed by atoms with E-state index in [1.165, 1.54) is 11.3 Å². The molecule has 0 radical (unpaired) electrons. The Kier molecular flexibility index (Phi) is 7.40. The zero-order valence-corrected chi connectivity index (χ0v) is 19.0. The average molecular weight is 453 g/mol. The van der Waals surface area contributed by atoms with E-state index in [0.29, 0.717) is 16.6 Å². The summed E-state index contributed by atoms with van der Waals surface area (Å²) in [5.74, 6) is -0.0842. The molecule has 0 atom stereocenters. The molecule has 4 aromatic rings. The highest BCUT2D eigenvalue weighted by molar-refractivity contribution is 7.20. The van der Waals surface area contributed by atoms with Crippen molar-refractivity contribution in [2.45, 2.75) is 13.3 Å². The van der Waals surface area contributed by atoms with E-state index in [9.17, 15) is 4.79 Å². The zero-order valence-electron chi connectivity index (χ0n) is 18.2. The smallest absolute Gasteiger partial charge is 0.229 e. The zero-order chi connectivity index (χ0) is 22.9. The highest BCUT2D eigenvalue weighted by Gasteiger charge is 2.16. The number of carbonyl (C=O) groups excluding carboxylic acids is 1. The second kappa shape index (κ2) is 11.0. The molecule has 0 unspecified atom stereocenters. The van der Waals surface area contributed by atoms with Crippen LogP contribution in [0.1, 0.15) is 16.7 Å². The fraction of sp³-hybridized carbons (Fsp3) is 0.0741. The predicted octanol–water partition coefficient (Wildman–Crippen LogP) is 6.41. The summed E-state index contributed by atoms with van der Waals surface area (Å²) < 4.78 is 0. The first-order valence-electron chi connectivity index (χ1n) is 10.6. The minimum Gasteiger partial charge on any atom is -0.316 e. The molecule has 0 fully saturated rings. The number of aryl methyl sites for hydroxylation is 1. The molecular formula is C27H24N4OS. The van der Waals surface area contributed by atoms with Gasteiger partial charge in [-0.15, -0.1) is 0 Å². The van der Waals surface area contributed by atoms with Gasteiger partial charge in [0.15, 0.2) is 0 Å². The summed E-state index contributed by atoms with van der Waals surface area (Å²) in [5.41, 5.74) is 7.86. The molecule has 4 rings (SSSR count). The van der Waals surface area contributed by atoms with Gasteiger partial charge in [0.25, 0.3) is 0 Å². The molecule has 0 bridgehead atoms. The first-order valence-corrected chi connectivity index (χ1v) is 11.4. The maximum atomic E-state index is 12.7. The lowest BCUT2D eigenvalue weighted by Gasteiger charge is -2.06. The molecule has 6 heteroatoms. The van der Waals surface area contributed by atoms with Crippen LogP contribution >= 0.6 is 11.3 Å². The van der Waals surface area contributed by atoms with Crippen molar-refractivity contribution in [3.8, 4) is 11.3 Å². The maximum Gasteiger partial charge on any atom is 0.229 e. The van der Waals surface area contributed by atoms with Gasteiger partial charge in [0.05, 0.1) is 6.42 Å². The van der Waals surface area contributed by atoms with Crippen molar-refractivity contribution in [1.82, 2.24) is 4.98 Å². The Morgan fingerprint density at radius 2 is 1.67 bits per heavy atom. The summed E-state index contributed by atoms with van der Waals surface area (Å²) in [6.07, 6.45) is 5.81. The van der Waals surface area contributed by atoms with E-state index in [4.69, 9.17) is 0 Å². The first kappa shape index (κ1) is 22.2. The molecule has 3 aromatic carbocycles. The Labute approximate surface area is 197 Å². The lowest BCUT2D eigenvalue weighted by atomic mass is 10.1. The molecule has 1 heterocycles. The van der Waals surface area contributed by atoms with E-state index in [0.717, 1.165) is 27.9 Å². The van der Waals surface area contributed by atoms with Gasteiger partial charge in [0.2, 0.25) is 11.0 Å². The number of rotatable bonds is 8. The molecule has 5 nitrogen and oxygen atoms in total. The molecule has 33 heavy (non-hydrogen) atoms. The Morgan fingerprint density at radius 1 is 0.970 bits per heavy atom. The number of hydrogen-bond acceptors (Lipinski definition) is 5. The quantitative estimate of drug-likeness (QED) is 0.240. The van der Waals surface area contributed by atoms with Crippen LogP contribution in [0.3, 0.4) is 0 Å². The van der Waals surface area contributed by atoms with Gasteiger partial charge in [0.1, 0.15) is 10.7 Å². The van der Waals surface area contributed by atoms with Crippen LogP contribution in [0.5, 0.6) is 0 Å². The van der Waals surface area contributed by atoms with Crippen molar-refractivity contribution in [3.05, 3.63) is 108 Å². The summed E-state index contributed by atoms with van der Waals surface area (Å²) in [6, 6.07) is 27.8. The van der Waals surface area contributed by atoms with Crippen LogP contribution in [-0.4, -0.2) is 17.1 Å². The third-order valence-electron chi connectivity index (χ3n) is 4.82. The Balaban J connectivity index is 1.49. The Bertz CT molecular complexity index is 1250. The lowest BCUT2D eigenvalue weighted by molar-refractivity contribution is -0.115. The number of allylic oxidation sites excluding steroid dienone is 1. The van der Waals surface area contributed by atoms with Crippen molar-refractivity contribution in [2.75, 3.05) is 10.7 Å². The van der Waals surface area contributed by atoms with E-state index in [1.807, 2.05) is 104 Å². The van der Waals surface area contributed by atoms with E-state index in [-0.39, 0.29) is 5.91 Å². The minimum atomic E-state index is -0.0842. The van der Waals surface area contributed by atoms with Crippen LogP contribution in [0.2, 0.25) is 0 Å². The van der Waals surface area contributed by atoms with Gasteiger partial charge in [-0.3, -0.25) is 10.2 Å². The number of nitrogens with one attached hydrogen (secondary N) is 2. The fourth-order valence-electron chi connectivity index (χ4n) is 3.17. The normalized spacial score (nSPS) is 11.2. The van der Waals surface area contributed by atoms with Gasteiger partial charge in [0, 0.05) is 11.8 Å². The molecule has 164 valence electrons. The Morgan fingerprint density at radius 3 is 2.39 bits per heavy atom. The molecule has 0 saturated heterocycles. The molecule has 1 amide bonds. The number of aromatic nitrogens is 1. The molecule has 0 aliphatic carbocycles. The van der Waals surface area contributed by atoms with Crippen LogP contribution in [-0.2, 0) is 11.2 Å². The molecule has 1 aromatic heterocycles. The minimum absolute atomic E-state index is 0.0842. The van der Waals surface area contributed by atoms with Crippen molar-refractivity contribution < 1.29 is 4.79 Å². The monoisotopic (exact) mass is 452 g/mol. The second-order valence-corrected chi connectivity index (χ2v) is 8.43. The van der Waals surface area contributed by atoms with Crippen molar-refractivity contribution >= 4 is 39.7 Å². The topological polar surface area (TPSA) is 66.4 Å². The summed E-state index contributed by atoms with van der Waals surface area (Å²) in [5, 5.41) is 8.56. The van der Waals surface area contributed by atoms with E-state index < -0.39 is 0 Å². The van der Waals surface area contributed by atoms with Crippen LogP contribution in [0, 0.1) is 6.92 Å². The SMILES string of the molecule is Cc1ccc(-c2nc(N/N=C\C=C\c3ccccc3)sc2NC(=O)Cc2ccccc2)cc1. The highest BCUT2D eigenvalue weighted by atomic mass is 32.1. The number of hydrogen-bond donors (Lipinski definition) is 2. The summed E-state index contributed by atoms with van der Waals surface area (Å²) >= 11 is 1.36. The van der Waals surface area contributed by atoms with Crippen LogP contribution in [0.4, 0.5) is 10.1 Å². The molecule has 0 spiro atoms. The lowest BCUT2D eigenvalue weighted by Crippen LogP contribution is -2.14. The molecule has 0 saturated carbocycles. The number of benzene rings is 3. The highest BCUT2D eigenvalue weighted by Crippen LogP contribution is 2.36. The fourth-order valence-corrected chi connectivity index (χ4v) is 4.02. The summed E-state index contributed by atoms with van der Waals surface area (Å²) in [6.45, 7) is 2.04. The standard InChI is InChI=1S/C27H24N4OS/c1-20-14-16-23(17-15-20)25-26(29-24(32)19-22-11-6-3-7-12-22)33-27(30-25)31-28-18-8-13-21-9-4-2-5-10-21/h2-18H,19H2,1H3,(H,29,32)(H,30,31)/b13-8+,28-18-. The van der Waals surface area contributed by atoms with Crippen molar-refractivity contribution in [2.24, 2.45) is 5.10 Å². The van der Waals surface area contributed by atoms with E-state index >= 15 is 0 Å². The maximum absolute atomic E-state index is 12.7. The van der Waals surface area contributed by atoms with Crippen LogP contribution in [0.15, 0.2) is 96.1 Å². The van der Waals surface area contributed by atoms with E-state index in [2.05, 4.69) is 20.8 Å². The van der Waals surface area contributed by atoms with Gasteiger partial charge in [-0.1, -0.05) is 108 Å². The number of hydrazone groups is 1. The molecular weight excluding hydrogens is 428 g/mol. The van der Waals surface area contributed by atoms with Gasteiger partial charge in [-0.25, -0.2) is 4.98 Å². The van der Waals surface area contributed by atoms with Gasteiger partial charge >= 0.3 is 0 Å². The molecule has 0 aliphatic rings. The third kappa shape index (κ3) is 6.48. The predicted molar refractivity (Wildman–Crippen MR) is 139 cm³/mol. The molecule has 0 aliphatic heterocycles. The summed E-state index contributed by atoms with van der Waals surface area (Å²) in [7, 11) is 0. The number of nitrogens with zero attached hydrogens (tertiary/aromatic N) is 2. The number of carbonyl (C=O) groups is 1. The van der Waals surface area contributed by atoms with Crippen molar-refractivity contribution in [1.29, 1.82) is 0 Å². The number of anilines is 2. The average Bonchev–Trinajstić information content (AvgIpc) is 3.23. The van der Waals surface area contributed by atoms with Gasteiger partial charge in [-0.2, -0.15) is 5.10 Å². The van der Waals surface area contributed by atoms with Crippen LogP contribution < -0.4 is 10.7 Å². The number of amides is 1. The second-order valence-electron chi connectivity index (χ2n) is 7.43. The Hall–Kier alpha value is -4.03. The molecule has 2 N–H and O–H groups in total. The summed E-state index contributed by atoms with van der Waals surface area (Å²) in [4.78, 5) is 17.4. The van der Waals surface area contributed by atoms with Crippen LogP contribution in [0.25, 0.3) is 17.3 Å². The van der Waals surface area contributed by atoms with Gasteiger partial charge in [-0.05, 0) is 24.1 Å². The van der Waals surface area contributed by atoms with Crippen molar-refractivity contribution in [3.63, 3.8) is 0 Å². The number of thiazole rings is 1.